The van der Waals surface area contributed by atoms with Gasteiger partial charge in [0.1, 0.15) is 5.41 Å². The van der Waals surface area contributed by atoms with Crippen molar-refractivity contribution in [3.63, 3.8) is 0 Å². The Kier molecular flexibility index (Phi) is 9.63. The van der Waals surface area contributed by atoms with Crippen molar-refractivity contribution in [3.8, 4) is 0 Å². The van der Waals surface area contributed by atoms with Crippen molar-refractivity contribution < 1.29 is 19.8 Å². The third-order valence-electron chi connectivity index (χ3n) is 9.42. The average Bonchev–Trinajstić information content (AvgIpc) is 3.04. The molecule has 6 nitrogen and oxygen atoms in total. The summed E-state index contributed by atoms with van der Waals surface area (Å²) in [5, 5.41) is 33.6. The number of nitrogens with one attached hydrogen (secondary N) is 2. The summed E-state index contributed by atoms with van der Waals surface area (Å²) < 4.78 is 0. The third kappa shape index (κ3) is 6.46. The summed E-state index contributed by atoms with van der Waals surface area (Å²) in [6.07, 6.45) is 1.66. The molecule has 0 radical (unpaired) electrons. The molecular formula is C37H46N2O4. The standard InChI is InChI=1S/C37H46N2O4/c1-7-36(42,8-2)31(29-21-19-25-15-11-13-17-27(25)23-29)38-33(40)35(5,6)34(41)39-32(37(43,9-3)10-4)30-22-20-26-16-12-14-18-28(26)24-30/h11-24,31-32,42-43H,7-10H2,1-6H3,(H,38,40)(H,39,41)/t31-,32-/m1/s1. The van der Waals surface area contributed by atoms with Crippen LogP contribution in [0.1, 0.15) is 90.4 Å². The van der Waals surface area contributed by atoms with Gasteiger partial charge < -0.3 is 20.8 Å². The molecule has 2 atom stereocenters. The lowest BCUT2D eigenvalue weighted by Gasteiger charge is -2.39. The van der Waals surface area contributed by atoms with Crippen LogP contribution in [0.4, 0.5) is 0 Å². The number of rotatable bonds is 12. The highest BCUT2D eigenvalue weighted by atomic mass is 16.3. The van der Waals surface area contributed by atoms with Crippen molar-refractivity contribution in [2.24, 2.45) is 5.41 Å². The second-order valence-electron chi connectivity index (χ2n) is 12.3. The zero-order valence-electron chi connectivity index (χ0n) is 26.3. The summed E-state index contributed by atoms with van der Waals surface area (Å²) in [5.41, 5.74) is -2.40. The molecule has 2 amide bonds. The first-order valence-electron chi connectivity index (χ1n) is 15.5. The Morgan fingerprint density at radius 2 is 0.907 bits per heavy atom. The van der Waals surface area contributed by atoms with Gasteiger partial charge in [-0.1, -0.05) is 100 Å². The molecule has 4 aromatic carbocycles. The molecule has 4 aromatic rings. The minimum Gasteiger partial charge on any atom is -0.387 e. The summed E-state index contributed by atoms with van der Waals surface area (Å²) in [6, 6.07) is 26.2. The fraction of sp³-hybridized carbons (Fsp3) is 0.405. The molecule has 0 fully saturated rings. The minimum atomic E-state index is -1.50. The molecule has 0 spiro atoms. The van der Waals surface area contributed by atoms with Crippen molar-refractivity contribution >= 4 is 33.4 Å². The number of carbonyl (C=O) groups excluding carboxylic acids is 2. The lowest BCUT2D eigenvalue weighted by atomic mass is 9.80. The Balaban J connectivity index is 1.66. The second-order valence-corrected chi connectivity index (χ2v) is 12.3. The van der Waals surface area contributed by atoms with Gasteiger partial charge in [-0.05, 0) is 84.3 Å². The van der Waals surface area contributed by atoms with Gasteiger partial charge in [-0.2, -0.15) is 0 Å². The topological polar surface area (TPSA) is 98.7 Å². The van der Waals surface area contributed by atoms with E-state index in [2.05, 4.69) is 10.6 Å². The molecule has 0 aliphatic carbocycles. The first-order valence-corrected chi connectivity index (χ1v) is 15.5. The maximum absolute atomic E-state index is 14.0. The van der Waals surface area contributed by atoms with Crippen LogP contribution in [-0.4, -0.2) is 33.2 Å². The number of carbonyl (C=O) groups is 2. The first kappa shape index (κ1) is 32.2. The summed E-state index contributed by atoms with van der Waals surface area (Å²) >= 11 is 0. The minimum absolute atomic E-state index is 0.415. The molecule has 0 bridgehead atoms. The van der Waals surface area contributed by atoms with Gasteiger partial charge >= 0.3 is 0 Å². The van der Waals surface area contributed by atoms with Crippen molar-refractivity contribution in [1.29, 1.82) is 0 Å². The van der Waals surface area contributed by atoms with E-state index >= 15 is 0 Å². The van der Waals surface area contributed by atoms with Crippen LogP contribution < -0.4 is 10.6 Å². The van der Waals surface area contributed by atoms with E-state index in [4.69, 9.17) is 0 Å². The molecule has 6 heteroatoms. The van der Waals surface area contributed by atoms with Gasteiger partial charge in [0, 0.05) is 0 Å². The van der Waals surface area contributed by atoms with Gasteiger partial charge in [0.25, 0.3) is 0 Å². The van der Waals surface area contributed by atoms with Crippen LogP contribution in [-0.2, 0) is 9.59 Å². The van der Waals surface area contributed by atoms with Gasteiger partial charge in [0.15, 0.2) is 0 Å². The molecule has 0 saturated carbocycles. The Bertz CT molecular complexity index is 1470. The van der Waals surface area contributed by atoms with E-state index in [0.29, 0.717) is 25.7 Å². The second kappa shape index (κ2) is 12.9. The van der Waals surface area contributed by atoms with E-state index in [1.54, 1.807) is 13.8 Å². The van der Waals surface area contributed by atoms with E-state index in [1.807, 2.05) is 113 Å². The number of hydrogen-bond acceptors (Lipinski definition) is 4. The predicted molar refractivity (Wildman–Crippen MR) is 175 cm³/mol. The van der Waals surface area contributed by atoms with Crippen molar-refractivity contribution in [1.82, 2.24) is 10.6 Å². The van der Waals surface area contributed by atoms with Crippen LogP contribution in [0, 0.1) is 5.41 Å². The molecule has 0 aliphatic heterocycles. The lowest BCUT2D eigenvalue weighted by molar-refractivity contribution is -0.145. The molecule has 0 unspecified atom stereocenters. The monoisotopic (exact) mass is 582 g/mol. The summed E-state index contributed by atoms with van der Waals surface area (Å²) in [4.78, 5) is 27.9. The van der Waals surface area contributed by atoms with E-state index in [9.17, 15) is 19.8 Å². The van der Waals surface area contributed by atoms with Gasteiger partial charge in [0.2, 0.25) is 11.8 Å². The highest BCUT2D eigenvalue weighted by Crippen LogP contribution is 2.37. The molecule has 43 heavy (non-hydrogen) atoms. The van der Waals surface area contributed by atoms with Crippen LogP contribution in [0.15, 0.2) is 84.9 Å². The smallest absolute Gasteiger partial charge is 0.235 e. The van der Waals surface area contributed by atoms with Crippen LogP contribution in [0.3, 0.4) is 0 Å². The van der Waals surface area contributed by atoms with Gasteiger partial charge in [-0.25, -0.2) is 0 Å². The normalized spacial score (nSPS) is 14.0. The zero-order chi connectivity index (χ0) is 31.4. The van der Waals surface area contributed by atoms with Crippen molar-refractivity contribution in [2.45, 2.75) is 90.5 Å². The third-order valence-corrected chi connectivity index (χ3v) is 9.42. The van der Waals surface area contributed by atoms with Crippen molar-refractivity contribution in [2.75, 3.05) is 0 Å². The highest BCUT2D eigenvalue weighted by molar-refractivity contribution is 6.04. The SMILES string of the molecule is CCC(O)(CC)[C@H](NC(=O)C(C)(C)C(=O)N[C@H](c1ccc2ccccc2c1)C(O)(CC)CC)c1ccc2ccccc2c1. The molecule has 228 valence electrons. The zero-order valence-corrected chi connectivity index (χ0v) is 26.3. The molecule has 0 aliphatic rings. The number of hydrogen-bond donors (Lipinski definition) is 4. The average molecular weight is 583 g/mol. The lowest BCUT2D eigenvalue weighted by Crippen LogP contribution is -2.55. The summed E-state index contributed by atoms with van der Waals surface area (Å²) in [7, 11) is 0. The van der Waals surface area contributed by atoms with E-state index < -0.39 is 40.5 Å². The van der Waals surface area contributed by atoms with Crippen LogP contribution in [0.25, 0.3) is 21.5 Å². The number of amides is 2. The molecule has 0 saturated heterocycles. The summed E-state index contributed by atoms with van der Waals surface area (Å²) in [6.45, 7) is 10.7. The van der Waals surface area contributed by atoms with Crippen LogP contribution in [0.5, 0.6) is 0 Å². The largest absolute Gasteiger partial charge is 0.387 e. The Labute approximate surface area is 255 Å². The molecular weight excluding hydrogens is 536 g/mol. The summed E-state index contributed by atoms with van der Waals surface area (Å²) in [5.74, 6) is -1.01. The number of fused-ring (bicyclic) bond motifs is 2. The fourth-order valence-corrected chi connectivity index (χ4v) is 5.87. The first-order chi connectivity index (χ1) is 20.4. The maximum Gasteiger partial charge on any atom is 0.235 e. The molecule has 4 rings (SSSR count). The van der Waals surface area contributed by atoms with Gasteiger partial charge in [-0.15, -0.1) is 0 Å². The van der Waals surface area contributed by atoms with Crippen molar-refractivity contribution in [3.05, 3.63) is 96.1 Å². The fourth-order valence-electron chi connectivity index (χ4n) is 5.87. The van der Waals surface area contributed by atoms with E-state index in [0.717, 1.165) is 32.7 Å². The van der Waals surface area contributed by atoms with Crippen LogP contribution in [0.2, 0.25) is 0 Å². The molecule has 0 aromatic heterocycles. The highest BCUT2D eigenvalue weighted by Gasteiger charge is 2.44. The number of aliphatic hydroxyl groups is 2. The Morgan fingerprint density at radius 3 is 1.23 bits per heavy atom. The van der Waals surface area contributed by atoms with Gasteiger partial charge in [0.05, 0.1) is 23.3 Å². The van der Waals surface area contributed by atoms with E-state index in [1.165, 1.54) is 0 Å². The van der Waals surface area contributed by atoms with E-state index in [-0.39, 0.29) is 0 Å². The van der Waals surface area contributed by atoms with Gasteiger partial charge in [-0.3, -0.25) is 9.59 Å². The Hall–Kier alpha value is -3.74. The quantitative estimate of drug-likeness (QED) is 0.134. The molecule has 0 heterocycles. The maximum atomic E-state index is 14.0. The number of benzene rings is 4. The Morgan fingerprint density at radius 1 is 0.581 bits per heavy atom. The van der Waals surface area contributed by atoms with Crippen LogP contribution >= 0.6 is 0 Å². The molecule has 4 N–H and O–H groups in total. The predicted octanol–water partition coefficient (Wildman–Crippen LogP) is 7.14.